The number of aryl methyl sites for hydroxylation is 1. The van der Waals surface area contributed by atoms with E-state index in [0.29, 0.717) is 6.54 Å². The number of aromatic nitrogens is 6. The second-order valence-corrected chi connectivity index (χ2v) is 6.02. The van der Waals surface area contributed by atoms with Crippen molar-refractivity contribution in [2.45, 2.75) is 25.9 Å². The lowest BCUT2D eigenvalue weighted by Crippen LogP contribution is -2.18. The molecule has 0 aliphatic carbocycles. The average Bonchev–Trinajstić information content (AvgIpc) is 3.38. The summed E-state index contributed by atoms with van der Waals surface area (Å²) in [7, 11) is 0. The van der Waals surface area contributed by atoms with Gasteiger partial charge in [-0.15, -0.1) is 0 Å². The summed E-state index contributed by atoms with van der Waals surface area (Å²) in [5, 5.41) is 4.38. The van der Waals surface area contributed by atoms with Crippen molar-refractivity contribution >= 4 is 0 Å². The van der Waals surface area contributed by atoms with E-state index in [1.807, 2.05) is 41.5 Å². The topological polar surface area (TPSA) is 61.4 Å². The van der Waals surface area contributed by atoms with Gasteiger partial charge in [0.2, 0.25) is 0 Å². The van der Waals surface area contributed by atoms with Gasteiger partial charge in [0.1, 0.15) is 11.5 Å². The molecule has 4 rings (SSSR count). The van der Waals surface area contributed by atoms with Crippen LogP contribution < -0.4 is 0 Å². The molecule has 0 aliphatic rings. The van der Waals surface area contributed by atoms with Crippen LogP contribution in [0.4, 0.5) is 0 Å². The van der Waals surface area contributed by atoms with Crippen LogP contribution in [0.25, 0.3) is 11.5 Å². The Labute approximate surface area is 152 Å². The summed E-state index contributed by atoms with van der Waals surface area (Å²) < 4.78 is 4.11. The zero-order chi connectivity index (χ0) is 17.8. The molecule has 4 aromatic rings. The normalized spacial score (nSPS) is 12.2. The fraction of sp³-hybridized carbons (Fsp3) is 0.200. The molecule has 6 nitrogen and oxygen atoms in total. The van der Waals surface area contributed by atoms with Gasteiger partial charge < -0.3 is 4.57 Å². The number of nitrogens with zero attached hydrogens (tertiary/aromatic N) is 6. The van der Waals surface area contributed by atoms with Gasteiger partial charge in [0.05, 0.1) is 12.6 Å². The van der Waals surface area contributed by atoms with Gasteiger partial charge in [-0.25, -0.2) is 15.0 Å². The Bertz CT molecular complexity index is 959. The van der Waals surface area contributed by atoms with Gasteiger partial charge in [-0.1, -0.05) is 37.3 Å². The minimum atomic E-state index is 0.0636. The highest BCUT2D eigenvalue weighted by atomic mass is 15.3. The van der Waals surface area contributed by atoms with Crippen molar-refractivity contribution in [3.63, 3.8) is 0 Å². The molecular weight excluding hydrogens is 324 g/mol. The number of hydrogen-bond acceptors (Lipinski definition) is 4. The largest absolute Gasteiger partial charge is 0.320 e. The molecule has 0 bridgehead atoms. The van der Waals surface area contributed by atoms with E-state index in [-0.39, 0.29) is 6.04 Å². The maximum Gasteiger partial charge on any atom is 0.159 e. The Morgan fingerprint density at radius 2 is 1.81 bits per heavy atom. The lowest BCUT2D eigenvalue weighted by molar-refractivity contribution is 0.465. The number of benzene rings is 1. The van der Waals surface area contributed by atoms with Crippen LogP contribution in [0.5, 0.6) is 0 Å². The van der Waals surface area contributed by atoms with Crippen molar-refractivity contribution in [2.24, 2.45) is 0 Å². The molecule has 0 N–H and O–H groups in total. The first kappa shape index (κ1) is 16.2. The summed E-state index contributed by atoms with van der Waals surface area (Å²) in [6, 6.07) is 14.3. The minimum absolute atomic E-state index is 0.0636. The molecule has 130 valence electrons. The van der Waals surface area contributed by atoms with Crippen molar-refractivity contribution < 1.29 is 0 Å². The molecule has 0 amide bonds. The van der Waals surface area contributed by atoms with Gasteiger partial charge in [0, 0.05) is 37.4 Å². The molecule has 6 heteroatoms. The predicted octanol–water partition coefficient (Wildman–Crippen LogP) is 3.39. The van der Waals surface area contributed by atoms with E-state index in [1.165, 1.54) is 5.56 Å². The summed E-state index contributed by atoms with van der Waals surface area (Å²) in [6.07, 6.45) is 10.2. The highest BCUT2D eigenvalue weighted by Gasteiger charge is 2.19. The first-order valence-corrected chi connectivity index (χ1v) is 8.72. The number of imidazole rings is 1. The van der Waals surface area contributed by atoms with E-state index in [4.69, 9.17) is 0 Å². The van der Waals surface area contributed by atoms with E-state index in [9.17, 15) is 0 Å². The molecule has 0 unspecified atom stereocenters. The second-order valence-electron chi connectivity index (χ2n) is 6.02. The molecular formula is C20H20N6. The van der Waals surface area contributed by atoms with E-state index in [2.05, 4.69) is 55.8 Å². The summed E-state index contributed by atoms with van der Waals surface area (Å²) in [6.45, 7) is 2.77. The first-order chi connectivity index (χ1) is 12.8. The third kappa shape index (κ3) is 3.26. The monoisotopic (exact) mass is 344 g/mol. The highest BCUT2D eigenvalue weighted by molar-refractivity contribution is 5.50. The quantitative estimate of drug-likeness (QED) is 0.538. The van der Waals surface area contributed by atoms with E-state index < -0.39 is 0 Å². The fourth-order valence-corrected chi connectivity index (χ4v) is 3.07. The SMILES string of the molecule is CCc1nccc(-c2nccn2[C@H](Cn2cccn2)c2ccccc2)n1. The second kappa shape index (κ2) is 7.31. The number of rotatable bonds is 6. The van der Waals surface area contributed by atoms with Crippen molar-refractivity contribution in [1.29, 1.82) is 0 Å². The summed E-state index contributed by atoms with van der Waals surface area (Å²) >= 11 is 0. The molecule has 1 aromatic carbocycles. The van der Waals surface area contributed by atoms with E-state index in [0.717, 1.165) is 23.8 Å². The van der Waals surface area contributed by atoms with Crippen LogP contribution in [-0.4, -0.2) is 29.3 Å². The third-order valence-electron chi connectivity index (χ3n) is 4.36. The van der Waals surface area contributed by atoms with Crippen LogP contribution in [0.15, 0.2) is 73.4 Å². The summed E-state index contributed by atoms with van der Waals surface area (Å²) in [4.78, 5) is 13.5. The maximum absolute atomic E-state index is 4.65. The molecule has 0 radical (unpaired) electrons. The Kier molecular flexibility index (Phi) is 4.55. The van der Waals surface area contributed by atoms with Crippen LogP contribution in [0.2, 0.25) is 0 Å². The maximum atomic E-state index is 4.65. The molecule has 26 heavy (non-hydrogen) atoms. The van der Waals surface area contributed by atoms with Gasteiger partial charge in [-0.2, -0.15) is 5.10 Å². The summed E-state index contributed by atoms with van der Waals surface area (Å²) in [5.41, 5.74) is 2.04. The Hall–Kier alpha value is -3.28. The number of hydrogen-bond donors (Lipinski definition) is 0. The zero-order valence-electron chi connectivity index (χ0n) is 14.6. The first-order valence-electron chi connectivity index (χ1n) is 8.72. The Morgan fingerprint density at radius 3 is 2.58 bits per heavy atom. The fourth-order valence-electron chi connectivity index (χ4n) is 3.07. The lowest BCUT2D eigenvalue weighted by atomic mass is 10.1. The van der Waals surface area contributed by atoms with Crippen LogP contribution in [0.1, 0.15) is 24.4 Å². The van der Waals surface area contributed by atoms with Crippen molar-refractivity contribution in [3.8, 4) is 11.5 Å². The van der Waals surface area contributed by atoms with Crippen LogP contribution in [-0.2, 0) is 13.0 Å². The molecule has 0 saturated carbocycles. The van der Waals surface area contributed by atoms with E-state index in [1.54, 1.807) is 12.4 Å². The van der Waals surface area contributed by atoms with Gasteiger partial charge in [-0.3, -0.25) is 4.68 Å². The smallest absolute Gasteiger partial charge is 0.159 e. The predicted molar refractivity (Wildman–Crippen MR) is 99.4 cm³/mol. The van der Waals surface area contributed by atoms with Crippen LogP contribution in [0.3, 0.4) is 0 Å². The van der Waals surface area contributed by atoms with Crippen molar-refractivity contribution in [3.05, 3.63) is 84.8 Å². The molecule has 0 aliphatic heterocycles. The molecule has 3 aromatic heterocycles. The van der Waals surface area contributed by atoms with Gasteiger partial charge in [0.25, 0.3) is 0 Å². The Balaban J connectivity index is 1.78. The van der Waals surface area contributed by atoms with Gasteiger partial charge in [-0.05, 0) is 17.7 Å². The van der Waals surface area contributed by atoms with Crippen molar-refractivity contribution in [1.82, 2.24) is 29.3 Å². The van der Waals surface area contributed by atoms with Crippen LogP contribution in [0, 0.1) is 0 Å². The lowest BCUT2D eigenvalue weighted by Gasteiger charge is -2.21. The molecule has 0 fully saturated rings. The molecule has 3 heterocycles. The third-order valence-corrected chi connectivity index (χ3v) is 4.36. The summed E-state index contributed by atoms with van der Waals surface area (Å²) in [5.74, 6) is 1.66. The van der Waals surface area contributed by atoms with Crippen molar-refractivity contribution in [2.75, 3.05) is 0 Å². The van der Waals surface area contributed by atoms with Gasteiger partial charge >= 0.3 is 0 Å². The minimum Gasteiger partial charge on any atom is -0.320 e. The van der Waals surface area contributed by atoms with E-state index >= 15 is 0 Å². The molecule has 0 spiro atoms. The van der Waals surface area contributed by atoms with Gasteiger partial charge in [0.15, 0.2) is 5.82 Å². The average molecular weight is 344 g/mol. The zero-order valence-corrected chi connectivity index (χ0v) is 14.6. The molecule has 1 atom stereocenters. The van der Waals surface area contributed by atoms with Crippen LogP contribution >= 0.6 is 0 Å². The molecule has 0 saturated heterocycles. The Morgan fingerprint density at radius 1 is 0.923 bits per heavy atom. The standard InChI is InChI=1S/C20H20N6/c1-2-19-21-11-9-17(24-19)20-22-12-14-26(20)18(15-25-13-6-10-23-25)16-7-4-3-5-8-16/h3-14,18H,2,15H2,1H3/t18-/m1/s1. The highest BCUT2D eigenvalue weighted by Crippen LogP contribution is 2.26.